The molecule has 0 bridgehead atoms. The number of nitrogens with zero attached hydrogens (tertiary/aromatic N) is 1. The Morgan fingerprint density at radius 3 is 2.68 bits per heavy atom. The highest BCUT2D eigenvalue weighted by molar-refractivity contribution is 7.14. The van der Waals surface area contributed by atoms with Crippen molar-refractivity contribution in [3.8, 4) is 17.0 Å². The van der Waals surface area contributed by atoms with Crippen molar-refractivity contribution in [2.45, 2.75) is 26.2 Å². The second-order valence-electron chi connectivity index (χ2n) is 6.79. The van der Waals surface area contributed by atoms with Gasteiger partial charge in [-0.15, -0.1) is 11.3 Å². The smallest absolute Gasteiger partial charge is 0.264 e. The van der Waals surface area contributed by atoms with Gasteiger partial charge in [-0.3, -0.25) is 14.9 Å². The zero-order valence-corrected chi connectivity index (χ0v) is 16.3. The van der Waals surface area contributed by atoms with E-state index in [-0.39, 0.29) is 18.3 Å². The van der Waals surface area contributed by atoms with Gasteiger partial charge in [0.15, 0.2) is 17.5 Å². The van der Waals surface area contributed by atoms with E-state index in [2.05, 4.69) is 28.5 Å². The molecule has 0 unspecified atom stereocenters. The first kappa shape index (κ1) is 18.4. The van der Waals surface area contributed by atoms with Gasteiger partial charge in [0.1, 0.15) is 5.75 Å². The van der Waals surface area contributed by atoms with Crippen LogP contribution >= 0.6 is 11.3 Å². The zero-order chi connectivity index (χ0) is 19.5. The Kier molecular flexibility index (Phi) is 5.21. The maximum Gasteiger partial charge on any atom is 0.264 e. The van der Waals surface area contributed by atoms with E-state index >= 15 is 0 Å². The molecule has 1 heterocycles. The molecule has 0 saturated carbocycles. The molecular formula is C22H20N2O3S. The summed E-state index contributed by atoms with van der Waals surface area (Å²) in [6, 6.07) is 13.2. The zero-order valence-electron chi connectivity index (χ0n) is 15.5. The fourth-order valence-corrected chi connectivity index (χ4v) is 4.02. The molecule has 142 valence electrons. The molecule has 0 atom stereocenters. The number of hydrogen-bond acceptors (Lipinski definition) is 5. The number of Topliss-reactive ketones (excluding diaryl/α,β-unsaturated/α-hetero) is 1. The number of hydrogen-bond donors (Lipinski definition) is 1. The molecule has 1 aliphatic rings. The van der Waals surface area contributed by atoms with Crippen molar-refractivity contribution in [3.63, 3.8) is 0 Å². The summed E-state index contributed by atoms with van der Waals surface area (Å²) in [4.78, 5) is 27.9. The maximum atomic E-state index is 12.1. The Labute approximate surface area is 167 Å². The summed E-state index contributed by atoms with van der Waals surface area (Å²) in [5.41, 5.74) is 5.40. The quantitative estimate of drug-likeness (QED) is 0.626. The second-order valence-corrected chi connectivity index (χ2v) is 7.65. The predicted octanol–water partition coefficient (Wildman–Crippen LogP) is 4.52. The summed E-state index contributed by atoms with van der Waals surface area (Å²) in [5, 5.41) is 5.28. The Balaban J connectivity index is 1.34. The summed E-state index contributed by atoms with van der Waals surface area (Å²) in [5.74, 6) is 0.260. The second kappa shape index (κ2) is 7.94. The van der Waals surface area contributed by atoms with Gasteiger partial charge in [-0.1, -0.05) is 12.1 Å². The molecule has 0 radical (unpaired) electrons. The van der Waals surface area contributed by atoms with Crippen molar-refractivity contribution >= 4 is 28.2 Å². The number of carbonyl (C=O) groups excluding carboxylic acids is 2. The molecule has 6 heteroatoms. The monoisotopic (exact) mass is 392 g/mol. The van der Waals surface area contributed by atoms with Crippen LogP contribution in [0.3, 0.4) is 0 Å². The number of carbonyl (C=O) groups is 2. The number of anilines is 1. The van der Waals surface area contributed by atoms with Crippen LogP contribution in [-0.4, -0.2) is 23.3 Å². The van der Waals surface area contributed by atoms with Gasteiger partial charge in [0, 0.05) is 16.5 Å². The van der Waals surface area contributed by atoms with Crippen LogP contribution in [0.1, 0.15) is 34.8 Å². The van der Waals surface area contributed by atoms with Gasteiger partial charge >= 0.3 is 0 Å². The minimum absolute atomic E-state index is 0.00719. The third-order valence-corrected chi connectivity index (χ3v) is 5.53. The van der Waals surface area contributed by atoms with E-state index in [9.17, 15) is 9.59 Å². The van der Waals surface area contributed by atoms with Gasteiger partial charge in [0.25, 0.3) is 5.91 Å². The van der Waals surface area contributed by atoms with Gasteiger partial charge in [-0.2, -0.15) is 0 Å². The SMILES string of the molecule is CC(=O)c1ccc(OCC(=O)Nc2nc(-c3ccc4c(c3)CCC4)cs2)cc1. The van der Waals surface area contributed by atoms with E-state index in [1.165, 1.54) is 35.8 Å². The molecule has 0 saturated heterocycles. The van der Waals surface area contributed by atoms with E-state index < -0.39 is 0 Å². The maximum absolute atomic E-state index is 12.1. The third kappa shape index (κ3) is 4.12. The number of fused-ring (bicyclic) bond motifs is 1. The van der Waals surface area contributed by atoms with Crippen LogP contribution in [0.15, 0.2) is 47.8 Å². The lowest BCUT2D eigenvalue weighted by Crippen LogP contribution is -2.20. The van der Waals surface area contributed by atoms with Gasteiger partial charge in [-0.05, 0) is 67.6 Å². The number of ether oxygens (including phenoxy) is 1. The van der Waals surface area contributed by atoms with Crippen molar-refractivity contribution in [2.24, 2.45) is 0 Å². The Morgan fingerprint density at radius 1 is 1.11 bits per heavy atom. The summed E-state index contributed by atoms with van der Waals surface area (Å²) >= 11 is 1.40. The van der Waals surface area contributed by atoms with Crippen molar-refractivity contribution in [1.29, 1.82) is 0 Å². The fourth-order valence-electron chi connectivity index (χ4n) is 3.28. The van der Waals surface area contributed by atoms with E-state index in [1.54, 1.807) is 24.3 Å². The first-order valence-corrected chi connectivity index (χ1v) is 10.1. The van der Waals surface area contributed by atoms with Crippen LogP contribution in [0, 0.1) is 0 Å². The number of aromatic nitrogens is 1. The first-order valence-electron chi connectivity index (χ1n) is 9.20. The fraction of sp³-hybridized carbons (Fsp3) is 0.227. The molecule has 2 aromatic carbocycles. The highest BCUT2D eigenvalue weighted by Gasteiger charge is 2.14. The Morgan fingerprint density at radius 2 is 1.89 bits per heavy atom. The minimum Gasteiger partial charge on any atom is -0.484 e. The standard InChI is InChI=1S/C22H20N2O3S/c1-14(25)15-7-9-19(10-8-15)27-12-21(26)24-22-23-20(13-28-22)18-6-5-16-3-2-4-17(16)11-18/h5-11,13H,2-4,12H2,1H3,(H,23,24,26). The van der Waals surface area contributed by atoms with E-state index in [4.69, 9.17) is 4.74 Å². The van der Waals surface area contributed by atoms with Crippen molar-refractivity contribution < 1.29 is 14.3 Å². The minimum atomic E-state index is -0.273. The number of thiazole rings is 1. The molecule has 0 aliphatic heterocycles. The Bertz CT molecular complexity index is 1020. The molecule has 1 amide bonds. The summed E-state index contributed by atoms with van der Waals surface area (Å²) in [6.07, 6.45) is 3.50. The molecule has 28 heavy (non-hydrogen) atoms. The van der Waals surface area contributed by atoms with Gasteiger partial charge in [0.2, 0.25) is 0 Å². The lowest BCUT2D eigenvalue weighted by molar-refractivity contribution is -0.118. The highest BCUT2D eigenvalue weighted by Crippen LogP contribution is 2.30. The van der Waals surface area contributed by atoms with E-state index in [0.29, 0.717) is 16.4 Å². The summed E-state index contributed by atoms with van der Waals surface area (Å²) in [7, 11) is 0. The number of nitrogens with one attached hydrogen (secondary N) is 1. The Hall–Kier alpha value is -2.99. The molecular weight excluding hydrogens is 372 g/mol. The normalized spacial score (nSPS) is 12.5. The number of benzene rings is 2. The lowest BCUT2D eigenvalue weighted by Gasteiger charge is -2.06. The van der Waals surface area contributed by atoms with Crippen LogP contribution in [0.2, 0.25) is 0 Å². The molecule has 1 N–H and O–H groups in total. The van der Waals surface area contributed by atoms with Crippen LogP contribution in [-0.2, 0) is 17.6 Å². The van der Waals surface area contributed by atoms with E-state index in [1.807, 2.05) is 5.38 Å². The van der Waals surface area contributed by atoms with Crippen molar-refractivity contribution in [1.82, 2.24) is 4.98 Å². The number of ketones is 1. The topological polar surface area (TPSA) is 68.3 Å². The number of aryl methyl sites for hydroxylation is 2. The summed E-state index contributed by atoms with van der Waals surface area (Å²) < 4.78 is 5.47. The molecule has 0 spiro atoms. The molecule has 4 rings (SSSR count). The van der Waals surface area contributed by atoms with E-state index in [0.717, 1.165) is 24.1 Å². The number of amides is 1. The van der Waals surface area contributed by atoms with Crippen LogP contribution in [0.25, 0.3) is 11.3 Å². The van der Waals surface area contributed by atoms with Gasteiger partial charge in [-0.25, -0.2) is 4.98 Å². The molecule has 5 nitrogen and oxygen atoms in total. The number of rotatable bonds is 6. The summed E-state index contributed by atoms with van der Waals surface area (Å²) in [6.45, 7) is 1.39. The first-order chi connectivity index (χ1) is 13.6. The average molecular weight is 392 g/mol. The highest BCUT2D eigenvalue weighted by atomic mass is 32.1. The van der Waals surface area contributed by atoms with Crippen molar-refractivity contribution in [3.05, 3.63) is 64.5 Å². The van der Waals surface area contributed by atoms with Crippen LogP contribution in [0.5, 0.6) is 5.75 Å². The lowest BCUT2D eigenvalue weighted by atomic mass is 10.1. The molecule has 0 fully saturated rings. The predicted molar refractivity (Wildman–Crippen MR) is 110 cm³/mol. The average Bonchev–Trinajstić information content (AvgIpc) is 3.35. The van der Waals surface area contributed by atoms with Gasteiger partial charge in [0.05, 0.1) is 5.69 Å². The van der Waals surface area contributed by atoms with Gasteiger partial charge < -0.3 is 4.74 Å². The van der Waals surface area contributed by atoms with Crippen LogP contribution < -0.4 is 10.1 Å². The van der Waals surface area contributed by atoms with Crippen LogP contribution in [0.4, 0.5) is 5.13 Å². The third-order valence-electron chi connectivity index (χ3n) is 4.78. The molecule has 3 aromatic rings. The van der Waals surface area contributed by atoms with Crippen molar-refractivity contribution in [2.75, 3.05) is 11.9 Å². The largest absolute Gasteiger partial charge is 0.484 e. The molecule has 1 aliphatic carbocycles. The molecule has 1 aromatic heterocycles.